The first-order valence-corrected chi connectivity index (χ1v) is 9.80. The monoisotopic (exact) mass is 393 g/mol. The molecule has 0 spiro atoms. The lowest BCUT2D eigenvalue weighted by Gasteiger charge is -2.13. The molecule has 150 valence electrons. The lowest BCUT2D eigenvalue weighted by molar-refractivity contribution is -0.118. The molecule has 1 aromatic heterocycles. The predicted octanol–water partition coefficient (Wildman–Crippen LogP) is 4.01. The van der Waals surface area contributed by atoms with Crippen LogP contribution in [0.25, 0.3) is 11.0 Å². The summed E-state index contributed by atoms with van der Waals surface area (Å²) in [6.07, 6.45) is 2.46. The number of fused-ring (bicyclic) bond motifs is 3. The number of hydrogen-bond acceptors (Lipinski definition) is 5. The largest absolute Gasteiger partial charge is 0.494 e. The summed E-state index contributed by atoms with van der Waals surface area (Å²) in [5, 5.41) is 3.62. The predicted molar refractivity (Wildman–Crippen MR) is 111 cm³/mol. The van der Waals surface area contributed by atoms with Crippen LogP contribution in [0.1, 0.15) is 30.0 Å². The van der Waals surface area contributed by atoms with Crippen molar-refractivity contribution in [2.45, 2.75) is 33.1 Å². The zero-order chi connectivity index (χ0) is 20.4. The van der Waals surface area contributed by atoms with Gasteiger partial charge in [-0.05, 0) is 80.6 Å². The maximum atomic E-state index is 12.4. The maximum absolute atomic E-state index is 12.4. The van der Waals surface area contributed by atoms with Crippen LogP contribution in [0.15, 0.2) is 45.6 Å². The van der Waals surface area contributed by atoms with Gasteiger partial charge in [-0.2, -0.15) is 0 Å². The Hall–Kier alpha value is -3.28. The minimum atomic E-state index is -0.269. The number of carbonyl (C=O) groups excluding carboxylic acids is 1. The summed E-state index contributed by atoms with van der Waals surface area (Å²) in [5.41, 5.74) is 3.53. The third-order valence-electron chi connectivity index (χ3n) is 4.99. The number of ether oxygens (including phenoxy) is 2. The first-order valence-electron chi connectivity index (χ1n) is 9.80. The summed E-state index contributed by atoms with van der Waals surface area (Å²) in [7, 11) is 0. The number of amides is 1. The van der Waals surface area contributed by atoms with Crippen LogP contribution < -0.4 is 20.4 Å². The van der Waals surface area contributed by atoms with Gasteiger partial charge < -0.3 is 19.2 Å². The Balaban J connectivity index is 1.53. The fraction of sp³-hybridized carbons (Fsp3) is 0.304. The molecule has 1 aliphatic rings. The average Bonchev–Trinajstić information content (AvgIpc) is 3.18. The number of benzene rings is 2. The molecule has 1 N–H and O–H groups in total. The van der Waals surface area contributed by atoms with E-state index in [9.17, 15) is 9.59 Å². The van der Waals surface area contributed by atoms with Crippen molar-refractivity contribution in [3.8, 4) is 11.5 Å². The molecule has 0 fully saturated rings. The van der Waals surface area contributed by atoms with E-state index >= 15 is 0 Å². The zero-order valence-corrected chi connectivity index (χ0v) is 16.5. The summed E-state index contributed by atoms with van der Waals surface area (Å²) < 4.78 is 16.8. The van der Waals surface area contributed by atoms with Gasteiger partial charge >= 0.3 is 5.63 Å². The SMILES string of the molecule is CCOc1ccc(NC(=O)COc2cc(C)cc3oc(=O)c4c(c23)CCC4)cc1. The summed E-state index contributed by atoms with van der Waals surface area (Å²) in [6, 6.07) is 10.9. The van der Waals surface area contributed by atoms with Crippen molar-refractivity contribution in [3.05, 3.63) is 63.5 Å². The summed E-state index contributed by atoms with van der Waals surface area (Å²) in [4.78, 5) is 24.6. The van der Waals surface area contributed by atoms with Crippen LogP contribution in [0.4, 0.5) is 5.69 Å². The van der Waals surface area contributed by atoms with Gasteiger partial charge in [-0.15, -0.1) is 0 Å². The quantitative estimate of drug-likeness (QED) is 0.641. The fourth-order valence-electron chi connectivity index (χ4n) is 3.76. The van der Waals surface area contributed by atoms with E-state index in [1.54, 1.807) is 24.3 Å². The molecule has 0 aliphatic heterocycles. The Labute approximate surface area is 168 Å². The lowest BCUT2D eigenvalue weighted by Crippen LogP contribution is -2.20. The molecule has 3 aromatic rings. The lowest BCUT2D eigenvalue weighted by atomic mass is 10.0. The molecule has 6 nitrogen and oxygen atoms in total. The third-order valence-corrected chi connectivity index (χ3v) is 4.99. The number of rotatable bonds is 6. The molecule has 1 amide bonds. The van der Waals surface area contributed by atoms with Crippen molar-refractivity contribution in [2.24, 2.45) is 0 Å². The Kier molecular flexibility index (Phi) is 5.25. The van der Waals surface area contributed by atoms with Gasteiger partial charge in [-0.1, -0.05) is 0 Å². The summed E-state index contributed by atoms with van der Waals surface area (Å²) in [6.45, 7) is 4.27. The molecule has 0 unspecified atom stereocenters. The van der Waals surface area contributed by atoms with E-state index in [-0.39, 0.29) is 18.1 Å². The highest BCUT2D eigenvalue weighted by Crippen LogP contribution is 2.35. The Bertz CT molecular complexity index is 1110. The zero-order valence-electron chi connectivity index (χ0n) is 16.5. The number of anilines is 1. The van der Waals surface area contributed by atoms with Crippen molar-refractivity contribution in [1.82, 2.24) is 0 Å². The molecule has 1 heterocycles. The molecule has 29 heavy (non-hydrogen) atoms. The van der Waals surface area contributed by atoms with E-state index in [1.807, 2.05) is 26.0 Å². The standard InChI is InChI=1S/C23H23NO5/c1-3-27-16-9-7-15(8-10-16)24-21(25)13-28-19-11-14(2)12-20-22(19)17-5-4-6-18(17)23(26)29-20/h7-12H,3-6,13H2,1-2H3,(H,24,25). The molecule has 2 aromatic carbocycles. The van der Waals surface area contributed by atoms with Gasteiger partial charge in [0, 0.05) is 11.3 Å². The number of hydrogen-bond donors (Lipinski definition) is 1. The maximum Gasteiger partial charge on any atom is 0.339 e. The molecule has 4 rings (SSSR count). The minimum Gasteiger partial charge on any atom is -0.494 e. The van der Waals surface area contributed by atoms with Gasteiger partial charge in [0.1, 0.15) is 17.1 Å². The van der Waals surface area contributed by atoms with Crippen molar-refractivity contribution >= 4 is 22.6 Å². The summed E-state index contributed by atoms with van der Waals surface area (Å²) in [5.74, 6) is 1.06. The Morgan fingerprint density at radius 2 is 1.86 bits per heavy atom. The van der Waals surface area contributed by atoms with E-state index in [1.165, 1.54) is 0 Å². The van der Waals surface area contributed by atoms with Crippen LogP contribution in [-0.2, 0) is 17.6 Å². The molecule has 1 aliphatic carbocycles. The van der Waals surface area contributed by atoms with Crippen LogP contribution in [0.3, 0.4) is 0 Å². The Morgan fingerprint density at radius 1 is 1.10 bits per heavy atom. The number of nitrogens with one attached hydrogen (secondary N) is 1. The van der Waals surface area contributed by atoms with Gasteiger partial charge in [0.15, 0.2) is 6.61 Å². The van der Waals surface area contributed by atoms with Gasteiger partial charge in [0.05, 0.1) is 12.0 Å². The second kappa shape index (κ2) is 7.99. The van der Waals surface area contributed by atoms with E-state index in [0.29, 0.717) is 23.6 Å². The van der Waals surface area contributed by atoms with E-state index in [0.717, 1.165) is 47.1 Å². The molecule has 0 bridgehead atoms. The molecule has 0 atom stereocenters. The van der Waals surface area contributed by atoms with Crippen LogP contribution in [0.2, 0.25) is 0 Å². The van der Waals surface area contributed by atoms with Gasteiger partial charge in [-0.25, -0.2) is 4.79 Å². The van der Waals surface area contributed by atoms with Crippen LogP contribution in [0, 0.1) is 6.92 Å². The molecular formula is C23H23NO5. The number of aryl methyl sites for hydroxylation is 2. The second-order valence-electron chi connectivity index (χ2n) is 7.13. The Morgan fingerprint density at radius 3 is 2.62 bits per heavy atom. The first-order chi connectivity index (χ1) is 14.0. The summed E-state index contributed by atoms with van der Waals surface area (Å²) >= 11 is 0. The van der Waals surface area contributed by atoms with E-state index in [2.05, 4.69) is 5.32 Å². The topological polar surface area (TPSA) is 77.8 Å². The normalized spacial score (nSPS) is 12.6. The van der Waals surface area contributed by atoms with Gasteiger partial charge in [0.25, 0.3) is 5.91 Å². The fourth-order valence-corrected chi connectivity index (χ4v) is 3.76. The highest BCUT2D eigenvalue weighted by atomic mass is 16.5. The average molecular weight is 393 g/mol. The van der Waals surface area contributed by atoms with Gasteiger partial charge in [-0.3, -0.25) is 4.79 Å². The first kappa shape index (κ1) is 19.1. The van der Waals surface area contributed by atoms with Crippen LogP contribution >= 0.6 is 0 Å². The highest BCUT2D eigenvalue weighted by molar-refractivity contribution is 5.93. The van der Waals surface area contributed by atoms with Gasteiger partial charge in [0.2, 0.25) is 0 Å². The van der Waals surface area contributed by atoms with Crippen LogP contribution in [0.5, 0.6) is 11.5 Å². The van der Waals surface area contributed by atoms with E-state index < -0.39 is 0 Å². The van der Waals surface area contributed by atoms with Crippen molar-refractivity contribution < 1.29 is 18.7 Å². The van der Waals surface area contributed by atoms with Crippen molar-refractivity contribution in [3.63, 3.8) is 0 Å². The molecule has 0 saturated heterocycles. The molecular weight excluding hydrogens is 370 g/mol. The van der Waals surface area contributed by atoms with Crippen LogP contribution in [-0.4, -0.2) is 19.1 Å². The molecule has 6 heteroatoms. The van der Waals surface area contributed by atoms with Crippen molar-refractivity contribution in [2.75, 3.05) is 18.5 Å². The number of carbonyl (C=O) groups is 1. The molecule has 0 radical (unpaired) electrons. The highest BCUT2D eigenvalue weighted by Gasteiger charge is 2.22. The second-order valence-corrected chi connectivity index (χ2v) is 7.13. The van der Waals surface area contributed by atoms with Crippen molar-refractivity contribution in [1.29, 1.82) is 0 Å². The molecule has 0 saturated carbocycles. The minimum absolute atomic E-state index is 0.139. The third kappa shape index (κ3) is 3.97. The van der Waals surface area contributed by atoms with E-state index in [4.69, 9.17) is 13.9 Å². The smallest absolute Gasteiger partial charge is 0.339 e.